The maximum Gasteiger partial charge on any atom is 0.303 e. The second kappa shape index (κ2) is 7.65. The molecule has 0 bridgehead atoms. The molecule has 0 spiro atoms. The SMILES string of the molecule is O=C(O)CCCC(=O)CC[C@H]1O[C@H](O)[C@H](O)[C@@H](O)[C@H]1O. The highest BCUT2D eigenvalue weighted by atomic mass is 16.6. The molecule has 0 amide bonds. The van der Waals surface area contributed by atoms with E-state index in [1.165, 1.54) is 0 Å². The third kappa shape index (κ3) is 4.80. The Kier molecular flexibility index (Phi) is 6.50. The Balaban J connectivity index is 2.33. The van der Waals surface area contributed by atoms with E-state index < -0.39 is 36.7 Å². The molecule has 1 rings (SSSR count). The summed E-state index contributed by atoms with van der Waals surface area (Å²) in [4.78, 5) is 21.8. The monoisotopic (exact) mass is 292 g/mol. The normalized spacial score (nSPS) is 33.9. The van der Waals surface area contributed by atoms with E-state index in [1.807, 2.05) is 0 Å². The first-order valence-electron chi connectivity index (χ1n) is 6.44. The van der Waals surface area contributed by atoms with E-state index in [1.54, 1.807) is 0 Å². The van der Waals surface area contributed by atoms with E-state index >= 15 is 0 Å². The molecule has 1 heterocycles. The predicted molar refractivity (Wildman–Crippen MR) is 64.6 cm³/mol. The van der Waals surface area contributed by atoms with E-state index in [2.05, 4.69) is 0 Å². The Hall–Kier alpha value is -1.06. The number of aliphatic carboxylic acids is 1. The minimum Gasteiger partial charge on any atom is -0.481 e. The number of carboxylic acid groups (broad SMARTS) is 1. The van der Waals surface area contributed by atoms with Crippen LogP contribution < -0.4 is 0 Å². The van der Waals surface area contributed by atoms with Gasteiger partial charge in [0.2, 0.25) is 0 Å². The highest BCUT2D eigenvalue weighted by molar-refractivity contribution is 5.79. The van der Waals surface area contributed by atoms with Crippen LogP contribution in [-0.4, -0.2) is 68.0 Å². The van der Waals surface area contributed by atoms with Gasteiger partial charge in [0, 0.05) is 19.3 Å². The quantitative estimate of drug-likeness (QED) is 0.377. The summed E-state index contributed by atoms with van der Waals surface area (Å²) in [5.74, 6) is -1.15. The first-order valence-corrected chi connectivity index (χ1v) is 6.44. The number of rotatable bonds is 7. The van der Waals surface area contributed by atoms with E-state index in [-0.39, 0.29) is 37.9 Å². The lowest BCUT2D eigenvalue weighted by Crippen LogP contribution is -2.57. The molecule has 8 heteroatoms. The van der Waals surface area contributed by atoms with Crippen LogP contribution in [0.2, 0.25) is 0 Å². The summed E-state index contributed by atoms with van der Waals surface area (Å²) in [5.41, 5.74) is 0. The van der Waals surface area contributed by atoms with Gasteiger partial charge in [-0.05, 0) is 12.8 Å². The van der Waals surface area contributed by atoms with Crippen LogP contribution in [0.3, 0.4) is 0 Å². The van der Waals surface area contributed by atoms with E-state index in [0.29, 0.717) is 0 Å². The molecule has 0 aromatic rings. The Labute approximate surface area is 115 Å². The van der Waals surface area contributed by atoms with E-state index in [4.69, 9.17) is 9.84 Å². The fourth-order valence-electron chi connectivity index (χ4n) is 2.03. The number of hydrogen-bond donors (Lipinski definition) is 5. The summed E-state index contributed by atoms with van der Waals surface area (Å²) in [6.07, 6.45) is -6.69. The second-order valence-corrected chi connectivity index (χ2v) is 4.86. The highest BCUT2D eigenvalue weighted by Crippen LogP contribution is 2.23. The lowest BCUT2D eigenvalue weighted by atomic mass is 9.94. The highest BCUT2D eigenvalue weighted by Gasteiger charge is 2.42. The molecular formula is C12H20O8. The molecule has 1 aliphatic rings. The third-order valence-electron chi connectivity index (χ3n) is 3.24. The summed E-state index contributed by atoms with van der Waals surface area (Å²) < 4.78 is 4.92. The molecule has 0 aliphatic carbocycles. The third-order valence-corrected chi connectivity index (χ3v) is 3.24. The van der Waals surface area contributed by atoms with Gasteiger partial charge in [0.05, 0.1) is 6.10 Å². The number of ketones is 1. The Bertz CT molecular complexity index is 344. The fraction of sp³-hybridized carbons (Fsp3) is 0.833. The first kappa shape index (κ1) is 17.0. The molecule has 0 aromatic carbocycles. The molecular weight excluding hydrogens is 272 g/mol. The molecule has 5 atom stereocenters. The average Bonchev–Trinajstić information content (AvgIpc) is 2.38. The number of aliphatic hydroxyl groups is 4. The molecule has 8 nitrogen and oxygen atoms in total. The van der Waals surface area contributed by atoms with Crippen molar-refractivity contribution in [2.75, 3.05) is 0 Å². The van der Waals surface area contributed by atoms with Crippen molar-refractivity contribution in [3.8, 4) is 0 Å². The molecule has 1 fully saturated rings. The van der Waals surface area contributed by atoms with Crippen molar-refractivity contribution in [3.63, 3.8) is 0 Å². The number of Topliss-reactive ketones (excluding diaryl/α,β-unsaturated/α-hetero) is 1. The smallest absolute Gasteiger partial charge is 0.303 e. The zero-order valence-corrected chi connectivity index (χ0v) is 10.9. The van der Waals surface area contributed by atoms with Gasteiger partial charge in [-0.2, -0.15) is 0 Å². The summed E-state index contributed by atoms with van der Waals surface area (Å²) in [7, 11) is 0. The standard InChI is InChI=1S/C12H20O8/c13-6(2-1-3-8(14)15)4-5-7-9(16)10(17)11(18)12(19)20-7/h7,9-12,16-19H,1-5H2,(H,14,15)/t7-,9+,10+,11-,12+/m1/s1. The van der Waals surface area contributed by atoms with Crippen molar-refractivity contribution < 1.29 is 39.9 Å². The van der Waals surface area contributed by atoms with Crippen LogP contribution in [0.25, 0.3) is 0 Å². The number of aliphatic hydroxyl groups excluding tert-OH is 4. The molecule has 5 N–H and O–H groups in total. The van der Waals surface area contributed by atoms with Gasteiger partial charge in [0.25, 0.3) is 0 Å². The van der Waals surface area contributed by atoms with Crippen LogP contribution in [-0.2, 0) is 14.3 Å². The minimum absolute atomic E-state index is 0.0386. The Morgan fingerprint density at radius 1 is 0.900 bits per heavy atom. The number of ether oxygens (including phenoxy) is 1. The van der Waals surface area contributed by atoms with Crippen molar-refractivity contribution in [3.05, 3.63) is 0 Å². The number of carbonyl (C=O) groups excluding carboxylic acids is 1. The van der Waals surface area contributed by atoms with E-state index in [0.717, 1.165) is 0 Å². The number of hydrogen-bond acceptors (Lipinski definition) is 7. The molecule has 0 saturated carbocycles. The summed E-state index contributed by atoms with van der Waals surface area (Å²) in [6.45, 7) is 0. The van der Waals surface area contributed by atoms with Crippen LogP contribution in [0, 0.1) is 0 Å². The molecule has 116 valence electrons. The maximum atomic E-state index is 11.5. The number of carboxylic acids is 1. The first-order chi connectivity index (χ1) is 9.32. The van der Waals surface area contributed by atoms with Gasteiger partial charge >= 0.3 is 5.97 Å². The average molecular weight is 292 g/mol. The largest absolute Gasteiger partial charge is 0.481 e. The van der Waals surface area contributed by atoms with E-state index in [9.17, 15) is 30.0 Å². The van der Waals surface area contributed by atoms with Crippen LogP contribution >= 0.6 is 0 Å². The van der Waals surface area contributed by atoms with Crippen molar-refractivity contribution in [2.45, 2.75) is 62.8 Å². The lowest BCUT2D eigenvalue weighted by molar-refractivity contribution is -0.282. The molecule has 1 saturated heterocycles. The zero-order valence-electron chi connectivity index (χ0n) is 10.9. The van der Waals surface area contributed by atoms with Crippen LogP contribution in [0.1, 0.15) is 32.1 Å². The summed E-state index contributed by atoms with van der Waals surface area (Å²) in [6, 6.07) is 0. The second-order valence-electron chi connectivity index (χ2n) is 4.86. The summed E-state index contributed by atoms with van der Waals surface area (Å²) >= 11 is 0. The van der Waals surface area contributed by atoms with Crippen LogP contribution in [0.5, 0.6) is 0 Å². The van der Waals surface area contributed by atoms with Crippen molar-refractivity contribution in [1.29, 1.82) is 0 Å². The van der Waals surface area contributed by atoms with Crippen LogP contribution in [0.4, 0.5) is 0 Å². The topological polar surface area (TPSA) is 145 Å². The van der Waals surface area contributed by atoms with Gasteiger partial charge < -0.3 is 30.3 Å². The van der Waals surface area contributed by atoms with Gasteiger partial charge in [0.15, 0.2) is 6.29 Å². The van der Waals surface area contributed by atoms with Gasteiger partial charge in [-0.3, -0.25) is 9.59 Å². The van der Waals surface area contributed by atoms with Gasteiger partial charge in [0.1, 0.15) is 24.1 Å². The number of carbonyl (C=O) groups is 2. The zero-order chi connectivity index (χ0) is 15.3. The van der Waals surface area contributed by atoms with Crippen LogP contribution in [0.15, 0.2) is 0 Å². The fourth-order valence-corrected chi connectivity index (χ4v) is 2.03. The Morgan fingerprint density at radius 3 is 2.15 bits per heavy atom. The molecule has 0 radical (unpaired) electrons. The van der Waals surface area contributed by atoms with Gasteiger partial charge in [-0.15, -0.1) is 0 Å². The Morgan fingerprint density at radius 2 is 1.55 bits per heavy atom. The van der Waals surface area contributed by atoms with Crippen molar-refractivity contribution in [2.24, 2.45) is 0 Å². The van der Waals surface area contributed by atoms with Crippen molar-refractivity contribution in [1.82, 2.24) is 0 Å². The molecule has 1 aliphatic heterocycles. The minimum atomic E-state index is -1.61. The maximum absolute atomic E-state index is 11.5. The lowest BCUT2D eigenvalue weighted by Gasteiger charge is -2.38. The van der Waals surface area contributed by atoms with Crippen molar-refractivity contribution >= 4 is 11.8 Å². The predicted octanol–water partition coefficient (Wildman–Crippen LogP) is -1.61. The van der Waals surface area contributed by atoms with Gasteiger partial charge in [-0.1, -0.05) is 0 Å². The molecule has 0 aromatic heterocycles. The summed E-state index contributed by atoms with van der Waals surface area (Å²) in [5, 5.41) is 46.1. The van der Waals surface area contributed by atoms with Gasteiger partial charge in [-0.25, -0.2) is 0 Å². The molecule has 20 heavy (non-hydrogen) atoms. The molecule has 0 unspecified atom stereocenters.